The van der Waals surface area contributed by atoms with Crippen LogP contribution in [0.1, 0.15) is 29.2 Å². The van der Waals surface area contributed by atoms with Gasteiger partial charge in [0, 0.05) is 70.0 Å². The third kappa shape index (κ3) is 5.61. The molecule has 242 valence electrons. The maximum Gasteiger partial charge on any atom is 0.414 e. The van der Waals surface area contributed by atoms with Crippen molar-refractivity contribution in [2.24, 2.45) is 0 Å². The van der Waals surface area contributed by atoms with E-state index in [1.54, 1.807) is 27.7 Å². The van der Waals surface area contributed by atoms with Gasteiger partial charge in [-0.15, -0.1) is 0 Å². The lowest BCUT2D eigenvalue weighted by atomic mass is 10.1. The molecule has 4 heterocycles. The van der Waals surface area contributed by atoms with Crippen molar-refractivity contribution < 1.29 is 33.0 Å². The molecule has 7 rings (SSSR count). The summed E-state index contributed by atoms with van der Waals surface area (Å²) in [5, 5.41) is 9.55. The van der Waals surface area contributed by atoms with E-state index in [1.165, 1.54) is 17.2 Å². The van der Waals surface area contributed by atoms with Crippen LogP contribution in [0.5, 0.6) is 0 Å². The van der Waals surface area contributed by atoms with Crippen LogP contribution in [0.25, 0.3) is 10.9 Å². The Balaban J connectivity index is 0.950. The maximum atomic E-state index is 15.3. The van der Waals surface area contributed by atoms with Crippen LogP contribution in [0.3, 0.4) is 0 Å². The highest BCUT2D eigenvalue weighted by Crippen LogP contribution is 2.38. The molecule has 3 saturated heterocycles. The quantitative estimate of drug-likeness (QED) is 0.418. The molecule has 2 aromatic carbocycles. The topological polar surface area (TPSA) is 119 Å². The fourth-order valence-corrected chi connectivity index (χ4v) is 6.59. The summed E-state index contributed by atoms with van der Waals surface area (Å²) in [6.07, 6.45) is 2.62. The zero-order chi connectivity index (χ0) is 32.1. The predicted molar refractivity (Wildman–Crippen MR) is 166 cm³/mol. The Morgan fingerprint density at radius 3 is 2.15 bits per heavy atom. The molecule has 4 aliphatic rings. The number of fused-ring (bicyclic) bond motifs is 1. The van der Waals surface area contributed by atoms with Crippen molar-refractivity contribution in [3.8, 4) is 0 Å². The number of rotatable bonds is 7. The summed E-state index contributed by atoms with van der Waals surface area (Å²) in [4.78, 5) is 58.4. The Labute approximate surface area is 262 Å². The number of halogens is 2. The molecule has 3 aliphatic heterocycles. The molecule has 1 aliphatic carbocycles. The lowest BCUT2D eigenvalue weighted by Crippen LogP contribution is -2.54. The molecular formula is C32H34F2N6O6. The Bertz CT molecular complexity index is 1780. The second-order valence-electron chi connectivity index (χ2n) is 12.2. The van der Waals surface area contributed by atoms with E-state index in [9.17, 15) is 28.7 Å². The lowest BCUT2D eigenvalue weighted by molar-refractivity contribution is -0.132. The molecule has 3 aromatic rings. The van der Waals surface area contributed by atoms with Gasteiger partial charge in [-0.05, 0) is 43.2 Å². The number of benzene rings is 2. The van der Waals surface area contributed by atoms with Gasteiger partial charge in [-0.3, -0.25) is 19.4 Å². The third-order valence-electron chi connectivity index (χ3n) is 9.32. The number of aromatic nitrogens is 1. The Kier molecular flexibility index (Phi) is 7.75. The first-order valence-corrected chi connectivity index (χ1v) is 15.5. The third-order valence-corrected chi connectivity index (χ3v) is 9.32. The molecule has 0 radical (unpaired) electrons. The van der Waals surface area contributed by atoms with Crippen molar-refractivity contribution in [2.75, 3.05) is 86.8 Å². The van der Waals surface area contributed by atoms with E-state index in [-0.39, 0.29) is 36.1 Å². The Morgan fingerprint density at radius 2 is 1.52 bits per heavy atom. The highest BCUT2D eigenvalue weighted by atomic mass is 19.1. The summed E-state index contributed by atoms with van der Waals surface area (Å²) in [5.41, 5.74) is 0.707. The lowest BCUT2D eigenvalue weighted by Gasteiger charge is -2.39. The summed E-state index contributed by atoms with van der Waals surface area (Å²) >= 11 is 0. The first kappa shape index (κ1) is 30.0. The first-order chi connectivity index (χ1) is 22.2. The molecule has 1 N–H and O–H groups in total. The van der Waals surface area contributed by atoms with Crippen LogP contribution in [-0.4, -0.2) is 109 Å². The minimum absolute atomic E-state index is 0.0176. The molecule has 4 fully saturated rings. The number of anilines is 3. The van der Waals surface area contributed by atoms with Crippen LogP contribution < -0.4 is 20.1 Å². The molecule has 12 nitrogen and oxygen atoms in total. The van der Waals surface area contributed by atoms with E-state index in [4.69, 9.17) is 4.74 Å². The van der Waals surface area contributed by atoms with Gasteiger partial charge in [0.05, 0.1) is 35.7 Å². The number of pyridine rings is 1. The van der Waals surface area contributed by atoms with Crippen LogP contribution in [0.2, 0.25) is 0 Å². The smallest absolute Gasteiger partial charge is 0.414 e. The fraction of sp³-hybridized carbons (Fsp3) is 0.438. The minimum atomic E-state index is -1.33. The van der Waals surface area contributed by atoms with Crippen LogP contribution in [-0.2, 0) is 9.53 Å². The highest BCUT2D eigenvalue weighted by Gasteiger charge is 2.30. The standard InChI is InChI=1S/C32H34F2N6O6/c33-24-15-21(39-13-14-46-32(39)45)3-4-26(24)36-9-11-38(12-10-36)29(41)19-35-5-7-37(8-6-35)28-17-27-22(16-25(28)34)30(42)23(31(43)44)18-40(27)20-1-2-20/h3-4,15-18,20H,1-2,5-14,19H2,(H,43,44). The van der Waals surface area contributed by atoms with Crippen LogP contribution >= 0.6 is 0 Å². The van der Waals surface area contributed by atoms with Crippen molar-refractivity contribution in [3.63, 3.8) is 0 Å². The first-order valence-electron chi connectivity index (χ1n) is 15.5. The number of ether oxygens (including phenoxy) is 1. The number of carbonyl (C=O) groups excluding carboxylic acids is 2. The van der Waals surface area contributed by atoms with Crippen molar-refractivity contribution in [1.82, 2.24) is 14.4 Å². The van der Waals surface area contributed by atoms with E-state index in [0.717, 1.165) is 18.9 Å². The average Bonchev–Trinajstić information content (AvgIpc) is 3.80. The van der Waals surface area contributed by atoms with E-state index in [2.05, 4.69) is 0 Å². The average molecular weight is 637 g/mol. The van der Waals surface area contributed by atoms with E-state index in [1.807, 2.05) is 14.7 Å². The maximum absolute atomic E-state index is 15.3. The van der Waals surface area contributed by atoms with Crippen LogP contribution in [0, 0.1) is 11.6 Å². The molecular weight excluding hydrogens is 602 g/mol. The predicted octanol–water partition coefficient (Wildman–Crippen LogP) is 2.74. The summed E-state index contributed by atoms with van der Waals surface area (Å²) in [5.74, 6) is -2.36. The number of aromatic carboxylic acids is 1. The number of carboxylic acid groups (broad SMARTS) is 1. The highest BCUT2D eigenvalue weighted by molar-refractivity contribution is 5.94. The van der Waals surface area contributed by atoms with Crippen molar-refractivity contribution in [2.45, 2.75) is 18.9 Å². The summed E-state index contributed by atoms with van der Waals surface area (Å²) in [7, 11) is 0. The summed E-state index contributed by atoms with van der Waals surface area (Å²) < 4.78 is 37.0. The van der Waals surface area contributed by atoms with E-state index < -0.39 is 29.1 Å². The molecule has 0 atom stereocenters. The number of piperazine rings is 2. The molecule has 0 unspecified atom stereocenters. The number of cyclic esters (lactones) is 1. The van der Waals surface area contributed by atoms with Crippen LogP contribution in [0.4, 0.5) is 30.6 Å². The number of amides is 2. The minimum Gasteiger partial charge on any atom is -0.477 e. The van der Waals surface area contributed by atoms with E-state index in [0.29, 0.717) is 81.5 Å². The second kappa shape index (κ2) is 11.9. The van der Waals surface area contributed by atoms with Gasteiger partial charge >= 0.3 is 12.1 Å². The Hall–Kier alpha value is -4.72. The van der Waals surface area contributed by atoms with Gasteiger partial charge in [0.15, 0.2) is 0 Å². The molecule has 2 amide bonds. The summed E-state index contributed by atoms with van der Waals surface area (Å²) in [6, 6.07) is 7.58. The normalized spacial score (nSPS) is 19.2. The SMILES string of the molecule is O=C(O)c1cn(C2CC2)c2cc(N3CCN(CC(=O)N4CCN(c5ccc(N6CCOC6=O)cc5F)CC4)CC3)c(F)cc2c1=O. The van der Waals surface area contributed by atoms with E-state index >= 15 is 4.39 Å². The van der Waals surface area contributed by atoms with Gasteiger partial charge < -0.3 is 29.1 Å². The van der Waals surface area contributed by atoms with Crippen LogP contribution in [0.15, 0.2) is 41.3 Å². The molecule has 1 saturated carbocycles. The van der Waals surface area contributed by atoms with Gasteiger partial charge in [0.1, 0.15) is 23.8 Å². The number of nitrogens with zero attached hydrogens (tertiary/aromatic N) is 6. The fourth-order valence-electron chi connectivity index (χ4n) is 6.59. The zero-order valence-electron chi connectivity index (χ0n) is 25.2. The van der Waals surface area contributed by atoms with Gasteiger partial charge in [-0.25, -0.2) is 18.4 Å². The molecule has 0 bridgehead atoms. The largest absolute Gasteiger partial charge is 0.477 e. The zero-order valence-corrected chi connectivity index (χ0v) is 25.2. The van der Waals surface area contributed by atoms with Gasteiger partial charge in [0.2, 0.25) is 11.3 Å². The van der Waals surface area contributed by atoms with Crippen molar-refractivity contribution in [3.05, 3.63) is 63.9 Å². The monoisotopic (exact) mass is 636 g/mol. The molecule has 14 heteroatoms. The number of hydrogen-bond acceptors (Lipinski definition) is 8. The van der Waals surface area contributed by atoms with Gasteiger partial charge in [0.25, 0.3) is 0 Å². The van der Waals surface area contributed by atoms with Gasteiger partial charge in [-0.1, -0.05) is 0 Å². The molecule has 0 spiro atoms. The number of carbonyl (C=O) groups is 3. The molecule has 46 heavy (non-hydrogen) atoms. The Morgan fingerprint density at radius 1 is 0.848 bits per heavy atom. The van der Waals surface area contributed by atoms with Crippen molar-refractivity contribution >= 4 is 45.9 Å². The van der Waals surface area contributed by atoms with Crippen molar-refractivity contribution in [1.29, 1.82) is 0 Å². The summed E-state index contributed by atoms with van der Waals surface area (Å²) in [6.45, 7) is 4.78. The molecule has 1 aromatic heterocycles. The number of carboxylic acids is 1. The number of hydrogen-bond donors (Lipinski definition) is 1. The second-order valence-corrected chi connectivity index (χ2v) is 12.2. The van der Waals surface area contributed by atoms with Gasteiger partial charge in [-0.2, -0.15) is 0 Å².